The fourth-order valence-electron chi connectivity index (χ4n) is 3.88. The first-order valence-corrected chi connectivity index (χ1v) is 13.6. The number of ether oxygens (including phenoxy) is 1. The molecule has 1 aromatic heterocycles. The topological polar surface area (TPSA) is 65.9 Å². The summed E-state index contributed by atoms with van der Waals surface area (Å²) >= 11 is 0. The molecule has 0 atom stereocenters. The number of anilines is 1. The van der Waals surface area contributed by atoms with Crippen LogP contribution in [0.15, 0.2) is 12.1 Å². The first-order valence-electron chi connectivity index (χ1n) is 13.6. The van der Waals surface area contributed by atoms with Crippen molar-refractivity contribution in [1.82, 2.24) is 9.88 Å². The highest BCUT2D eigenvalue weighted by Crippen LogP contribution is 2.37. The minimum atomic E-state index is -2.70. The summed E-state index contributed by atoms with van der Waals surface area (Å²) in [7, 11) is 2.24. The second-order valence-corrected chi connectivity index (χ2v) is 11.4. The van der Waals surface area contributed by atoms with Gasteiger partial charge in [0.25, 0.3) is 5.92 Å². The van der Waals surface area contributed by atoms with Crippen molar-refractivity contribution in [1.29, 1.82) is 0 Å². The van der Waals surface area contributed by atoms with Gasteiger partial charge in [-0.25, -0.2) is 18.6 Å². The molecule has 1 saturated heterocycles. The van der Waals surface area contributed by atoms with Crippen molar-refractivity contribution in [3.63, 3.8) is 0 Å². The molecular formula is C28H47F2N3O3. The van der Waals surface area contributed by atoms with Crippen LogP contribution < -0.4 is 9.64 Å². The average Bonchev–Trinajstić information content (AvgIpc) is 3.62. The number of aromatic nitrogens is 1. The Labute approximate surface area is 216 Å². The third-order valence-corrected chi connectivity index (χ3v) is 6.89. The lowest BCUT2D eigenvalue weighted by molar-refractivity contribution is -0.0265. The van der Waals surface area contributed by atoms with E-state index in [9.17, 15) is 13.6 Å². The van der Waals surface area contributed by atoms with Gasteiger partial charge in [0.15, 0.2) is 5.69 Å². The summed E-state index contributed by atoms with van der Waals surface area (Å²) in [4.78, 5) is 18.7. The largest absolute Gasteiger partial charge is 0.477 e. The molecule has 0 radical (unpaired) electrons. The Balaban J connectivity index is 0.000000262. The van der Waals surface area contributed by atoms with Gasteiger partial charge < -0.3 is 19.6 Å². The van der Waals surface area contributed by atoms with Gasteiger partial charge >= 0.3 is 5.97 Å². The van der Waals surface area contributed by atoms with Crippen LogP contribution in [0.4, 0.5) is 14.5 Å². The number of pyridine rings is 1. The summed E-state index contributed by atoms with van der Waals surface area (Å²) in [6, 6.07) is 2.78. The van der Waals surface area contributed by atoms with Crippen LogP contribution in [-0.2, 0) is 0 Å². The maximum atomic E-state index is 12.9. The Morgan fingerprint density at radius 3 is 2.19 bits per heavy atom. The van der Waals surface area contributed by atoms with Crippen LogP contribution in [0.2, 0.25) is 0 Å². The van der Waals surface area contributed by atoms with E-state index >= 15 is 0 Å². The highest BCUT2D eigenvalue weighted by Gasteiger charge is 2.45. The maximum absolute atomic E-state index is 12.9. The SMILES string of the molecule is CCCCCCCCCCN(C)C(C)(C)C.O=C(O)c1ccc(N2CC(F)(F)C2)c(OCC2CC2)n1. The van der Waals surface area contributed by atoms with Crippen LogP contribution in [0, 0.1) is 5.92 Å². The van der Waals surface area contributed by atoms with Gasteiger partial charge in [-0.1, -0.05) is 51.9 Å². The summed E-state index contributed by atoms with van der Waals surface area (Å²) in [5.74, 6) is -3.26. The molecule has 2 fully saturated rings. The smallest absolute Gasteiger partial charge is 0.354 e. The number of hydrogen-bond acceptors (Lipinski definition) is 5. The number of carboxylic acid groups (broad SMARTS) is 1. The minimum absolute atomic E-state index is 0.132. The number of carbonyl (C=O) groups is 1. The number of alkyl halides is 2. The van der Waals surface area contributed by atoms with E-state index in [2.05, 4.69) is 44.6 Å². The van der Waals surface area contributed by atoms with Crippen LogP contribution in [0.3, 0.4) is 0 Å². The fraction of sp³-hybridized carbons (Fsp3) is 0.786. The number of hydrogen-bond donors (Lipinski definition) is 1. The summed E-state index contributed by atoms with van der Waals surface area (Å²) in [6.07, 6.45) is 13.5. The van der Waals surface area contributed by atoms with Gasteiger partial charge in [0.2, 0.25) is 5.88 Å². The van der Waals surface area contributed by atoms with Crippen LogP contribution in [0.5, 0.6) is 5.88 Å². The number of rotatable bonds is 14. The second-order valence-electron chi connectivity index (χ2n) is 11.4. The van der Waals surface area contributed by atoms with E-state index in [1.165, 1.54) is 74.9 Å². The summed E-state index contributed by atoms with van der Waals surface area (Å²) in [5, 5.41) is 8.93. The van der Waals surface area contributed by atoms with Gasteiger partial charge in [-0.2, -0.15) is 0 Å². The zero-order valence-corrected chi connectivity index (χ0v) is 23.0. The molecule has 1 N–H and O–H groups in total. The Morgan fingerprint density at radius 1 is 1.11 bits per heavy atom. The number of nitrogens with zero attached hydrogens (tertiary/aromatic N) is 3. The van der Waals surface area contributed by atoms with Crippen molar-refractivity contribution in [2.24, 2.45) is 5.92 Å². The van der Waals surface area contributed by atoms with Crippen molar-refractivity contribution in [2.75, 3.05) is 38.2 Å². The lowest BCUT2D eigenvalue weighted by Crippen LogP contribution is -2.56. The van der Waals surface area contributed by atoms with Crippen molar-refractivity contribution in [2.45, 2.75) is 103 Å². The first-order chi connectivity index (χ1) is 16.9. The molecule has 0 aromatic carbocycles. The molecule has 1 aliphatic carbocycles. The third-order valence-electron chi connectivity index (χ3n) is 6.89. The lowest BCUT2D eigenvalue weighted by atomic mass is 10.1. The zero-order chi connectivity index (χ0) is 26.8. The van der Waals surface area contributed by atoms with E-state index in [-0.39, 0.29) is 24.7 Å². The van der Waals surface area contributed by atoms with Gasteiger partial charge in [-0.05, 0) is 71.7 Å². The Kier molecular flexibility index (Phi) is 11.9. The van der Waals surface area contributed by atoms with E-state index in [1.54, 1.807) is 0 Å². The normalized spacial score (nSPS) is 16.8. The molecule has 2 aliphatic rings. The molecule has 0 bridgehead atoms. The standard InChI is InChI=1S/C15H33N.C13H14F2N2O3/c1-6-7-8-9-10-11-12-13-14-16(5)15(2,3)4;14-13(15)6-17(7-13)10-4-3-9(12(18)19)16-11(10)20-5-8-1-2-8/h6-14H2,1-5H3;3-4,8H,1-2,5-7H2,(H,18,19). The molecule has 3 rings (SSSR count). The Bertz CT molecular complexity index is 802. The summed E-state index contributed by atoms with van der Waals surface area (Å²) < 4.78 is 31.4. The molecule has 0 unspecified atom stereocenters. The average molecular weight is 512 g/mol. The van der Waals surface area contributed by atoms with Gasteiger partial charge in [0, 0.05) is 5.54 Å². The fourth-order valence-corrected chi connectivity index (χ4v) is 3.88. The quantitative estimate of drug-likeness (QED) is 0.275. The van der Waals surface area contributed by atoms with E-state index < -0.39 is 11.9 Å². The molecule has 6 nitrogen and oxygen atoms in total. The van der Waals surface area contributed by atoms with Crippen LogP contribution in [0.1, 0.15) is 102 Å². The molecule has 0 spiro atoms. The number of halogens is 2. The van der Waals surface area contributed by atoms with Gasteiger partial charge in [0.1, 0.15) is 5.69 Å². The Hall–Kier alpha value is -1.96. The highest BCUT2D eigenvalue weighted by atomic mass is 19.3. The molecule has 36 heavy (non-hydrogen) atoms. The second kappa shape index (κ2) is 14.1. The van der Waals surface area contributed by atoms with Crippen molar-refractivity contribution in [3.05, 3.63) is 17.8 Å². The number of unbranched alkanes of at least 4 members (excludes halogenated alkanes) is 7. The molecule has 0 amide bonds. The van der Waals surface area contributed by atoms with E-state index in [4.69, 9.17) is 9.84 Å². The minimum Gasteiger partial charge on any atom is -0.477 e. The monoisotopic (exact) mass is 511 g/mol. The summed E-state index contributed by atoms with van der Waals surface area (Å²) in [5.41, 5.74) is 0.620. The molecule has 8 heteroatoms. The predicted molar refractivity (Wildman–Crippen MR) is 142 cm³/mol. The van der Waals surface area contributed by atoms with Crippen molar-refractivity contribution < 1.29 is 23.4 Å². The third kappa shape index (κ3) is 11.0. The molecule has 1 aromatic rings. The first kappa shape index (κ1) is 30.3. The number of aromatic carboxylic acids is 1. The van der Waals surface area contributed by atoms with Crippen molar-refractivity contribution >= 4 is 11.7 Å². The van der Waals surface area contributed by atoms with Crippen LogP contribution in [0.25, 0.3) is 0 Å². The molecule has 1 aliphatic heterocycles. The van der Waals surface area contributed by atoms with Crippen molar-refractivity contribution in [3.8, 4) is 5.88 Å². The summed E-state index contributed by atoms with van der Waals surface area (Å²) in [6.45, 7) is 10.1. The molecule has 2 heterocycles. The van der Waals surface area contributed by atoms with E-state index in [1.807, 2.05) is 0 Å². The van der Waals surface area contributed by atoms with Gasteiger partial charge in [-0.15, -0.1) is 0 Å². The number of carboxylic acids is 1. The predicted octanol–water partition coefficient (Wildman–Crippen LogP) is 6.88. The molecule has 206 valence electrons. The highest BCUT2D eigenvalue weighted by molar-refractivity contribution is 5.86. The van der Waals surface area contributed by atoms with Crippen LogP contribution in [-0.4, -0.2) is 65.7 Å². The van der Waals surface area contributed by atoms with Gasteiger partial charge in [-0.3, -0.25) is 0 Å². The van der Waals surface area contributed by atoms with Gasteiger partial charge in [0.05, 0.1) is 19.7 Å². The molecular weight excluding hydrogens is 464 g/mol. The van der Waals surface area contributed by atoms with Crippen LogP contribution >= 0.6 is 0 Å². The van der Waals surface area contributed by atoms with E-state index in [0.717, 1.165) is 12.8 Å². The lowest BCUT2D eigenvalue weighted by Gasteiger charge is -2.40. The Morgan fingerprint density at radius 2 is 1.69 bits per heavy atom. The van der Waals surface area contributed by atoms with E-state index in [0.29, 0.717) is 23.8 Å². The zero-order valence-electron chi connectivity index (χ0n) is 23.0. The molecule has 1 saturated carbocycles. The maximum Gasteiger partial charge on any atom is 0.354 e.